The second-order valence-electron chi connectivity index (χ2n) is 4.35. The minimum Gasteiger partial charge on any atom is -0.326 e. The van der Waals surface area contributed by atoms with Gasteiger partial charge in [-0.1, -0.05) is 6.07 Å². The number of nitrogens with zero attached hydrogens (tertiary/aromatic N) is 1. The molecule has 0 aliphatic carbocycles. The van der Waals surface area contributed by atoms with Gasteiger partial charge < -0.3 is 5.73 Å². The lowest BCUT2D eigenvalue weighted by Crippen LogP contribution is -2.26. The Hall–Kier alpha value is -0.640. The van der Waals surface area contributed by atoms with E-state index in [0.717, 1.165) is 37.2 Å². The maximum atomic E-state index is 13.1. The topological polar surface area (TPSA) is 29.3 Å². The Kier molecular flexibility index (Phi) is 4.71. The smallest absolute Gasteiger partial charge is 0.123 e. The number of hydrogen-bond acceptors (Lipinski definition) is 2. The second-order valence-corrected chi connectivity index (χ2v) is 4.35. The highest BCUT2D eigenvalue weighted by Crippen LogP contribution is 2.16. The third-order valence-corrected chi connectivity index (χ3v) is 3.01. The van der Waals surface area contributed by atoms with Crippen molar-refractivity contribution in [3.8, 4) is 0 Å². The highest BCUT2D eigenvalue weighted by molar-refractivity contribution is 5.85. The monoisotopic (exact) mass is 244 g/mol. The van der Waals surface area contributed by atoms with Gasteiger partial charge in [-0.25, -0.2) is 4.39 Å². The summed E-state index contributed by atoms with van der Waals surface area (Å²) in [5.41, 5.74) is 8.05. The van der Waals surface area contributed by atoms with Crippen molar-refractivity contribution in [3.63, 3.8) is 0 Å². The summed E-state index contributed by atoms with van der Waals surface area (Å²) in [4.78, 5) is 2.28. The molecule has 1 aromatic carbocycles. The van der Waals surface area contributed by atoms with Crippen LogP contribution in [0.4, 0.5) is 4.39 Å². The minimum absolute atomic E-state index is 0. The van der Waals surface area contributed by atoms with Gasteiger partial charge in [-0.05, 0) is 36.6 Å². The summed E-state index contributed by atoms with van der Waals surface area (Å²) in [7, 11) is 0. The number of rotatable bonds is 2. The standard InChI is InChI=1S/C12H17FN2.ClH/c1-9-2-3-11(13)6-10(9)7-15-5-4-12(14)8-15;/h2-3,6,12H,4-5,7-8,14H2,1H3;1H/t12-;/m0./s1. The van der Waals surface area contributed by atoms with Crippen molar-refractivity contribution in [1.29, 1.82) is 0 Å². The van der Waals surface area contributed by atoms with Gasteiger partial charge in [0, 0.05) is 25.7 Å². The minimum atomic E-state index is -0.154. The highest BCUT2D eigenvalue weighted by atomic mass is 35.5. The second kappa shape index (κ2) is 5.62. The fraction of sp³-hybridized carbons (Fsp3) is 0.500. The lowest BCUT2D eigenvalue weighted by Gasteiger charge is -2.16. The molecule has 1 aliphatic heterocycles. The molecule has 1 atom stereocenters. The molecule has 1 fully saturated rings. The van der Waals surface area contributed by atoms with Gasteiger partial charge in [-0.2, -0.15) is 0 Å². The summed E-state index contributed by atoms with van der Waals surface area (Å²) in [5, 5.41) is 0. The molecular weight excluding hydrogens is 227 g/mol. The molecule has 0 saturated carbocycles. The van der Waals surface area contributed by atoms with E-state index in [2.05, 4.69) is 4.90 Å². The summed E-state index contributed by atoms with van der Waals surface area (Å²) in [6.45, 7) is 4.79. The summed E-state index contributed by atoms with van der Waals surface area (Å²) in [6, 6.07) is 5.26. The van der Waals surface area contributed by atoms with Gasteiger partial charge in [0.2, 0.25) is 0 Å². The molecule has 0 radical (unpaired) electrons. The molecule has 0 spiro atoms. The van der Waals surface area contributed by atoms with Crippen LogP contribution in [0, 0.1) is 12.7 Å². The first-order valence-electron chi connectivity index (χ1n) is 5.38. The summed E-state index contributed by atoms with van der Waals surface area (Å²) in [5.74, 6) is -0.154. The van der Waals surface area contributed by atoms with Gasteiger partial charge in [0.25, 0.3) is 0 Å². The third-order valence-electron chi connectivity index (χ3n) is 3.01. The largest absolute Gasteiger partial charge is 0.326 e. The number of benzene rings is 1. The van der Waals surface area contributed by atoms with E-state index in [0.29, 0.717) is 6.04 Å². The van der Waals surface area contributed by atoms with Gasteiger partial charge in [0.1, 0.15) is 5.82 Å². The van der Waals surface area contributed by atoms with Crippen LogP contribution in [0.25, 0.3) is 0 Å². The van der Waals surface area contributed by atoms with Crippen molar-refractivity contribution in [2.24, 2.45) is 5.73 Å². The molecule has 1 aliphatic rings. The molecule has 90 valence electrons. The average molecular weight is 245 g/mol. The molecule has 1 aromatic rings. The van der Waals surface area contributed by atoms with Crippen LogP contribution in [0.2, 0.25) is 0 Å². The predicted octanol–water partition coefficient (Wildman–Crippen LogP) is 2.09. The lowest BCUT2D eigenvalue weighted by molar-refractivity contribution is 0.325. The Morgan fingerprint density at radius 1 is 1.50 bits per heavy atom. The third kappa shape index (κ3) is 3.17. The fourth-order valence-corrected chi connectivity index (χ4v) is 2.06. The molecule has 0 aromatic heterocycles. The highest BCUT2D eigenvalue weighted by Gasteiger charge is 2.19. The molecule has 4 heteroatoms. The van der Waals surface area contributed by atoms with E-state index >= 15 is 0 Å². The molecule has 0 amide bonds. The van der Waals surface area contributed by atoms with Crippen molar-refractivity contribution in [2.45, 2.75) is 25.9 Å². The summed E-state index contributed by atoms with van der Waals surface area (Å²) < 4.78 is 13.1. The van der Waals surface area contributed by atoms with Gasteiger partial charge in [-0.3, -0.25) is 4.90 Å². The lowest BCUT2D eigenvalue weighted by atomic mass is 10.1. The quantitative estimate of drug-likeness (QED) is 0.863. The van der Waals surface area contributed by atoms with E-state index < -0.39 is 0 Å². The Balaban J connectivity index is 0.00000128. The number of likely N-dealkylation sites (tertiary alicyclic amines) is 1. The zero-order valence-electron chi connectivity index (χ0n) is 9.45. The number of aryl methyl sites for hydroxylation is 1. The van der Waals surface area contributed by atoms with Crippen molar-refractivity contribution in [3.05, 3.63) is 35.1 Å². The number of hydrogen-bond donors (Lipinski definition) is 1. The van der Waals surface area contributed by atoms with Gasteiger partial charge in [0.05, 0.1) is 0 Å². The zero-order chi connectivity index (χ0) is 10.8. The van der Waals surface area contributed by atoms with Crippen LogP contribution >= 0.6 is 12.4 Å². The molecule has 1 heterocycles. The van der Waals surface area contributed by atoms with Gasteiger partial charge in [0.15, 0.2) is 0 Å². The van der Waals surface area contributed by atoms with E-state index in [1.807, 2.05) is 13.0 Å². The van der Waals surface area contributed by atoms with E-state index in [4.69, 9.17) is 5.73 Å². The predicted molar refractivity (Wildman–Crippen MR) is 66.3 cm³/mol. The van der Waals surface area contributed by atoms with Crippen LogP contribution in [0.1, 0.15) is 17.5 Å². The average Bonchev–Trinajstić information content (AvgIpc) is 2.58. The maximum Gasteiger partial charge on any atom is 0.123 e. The van der Waals surface area contributed by atoms with Crippen LogP contribution in [0.3, 0.4) is 0 Å². The Morgan fingerprint density at radius 3 is 2.88 bits per heavy atom. The Labute approximate surface area is 102 Å². The molecule has 0 unspecified atom stereocenters. The Morgan fingerprint density at radius 2 is 2.25 bits per heavy atom. The Bertz CT molecular complexity index is 357. The van der Waals surface area contributed by atoms with Crippen LogP contribution < -0.4 is 5.73 Å². The summed E-state index contributed by atoms with van der Waals surface area (Å²) in [6.07, 6.45) is 1.05. The van der Waals surface area contributed by atoms with Crippen LogP contribution in [0.15, 0.2) is 18.2 Å². The van der Waals surface area contributed by atoms with E-state index in [1.165, 1.54) is 6.07 Å². The number of nitrogens with two attached hydrogens (primary N) is 1. The molecule has 16 heavy (non-hydrogen) atoms. The van der Waals surface area contributed by atoms with Crippen molar-refractivity contribution in [2.75, 3.05) is 13.1 Å². The first kappa shape index (κ1) is 13.4. The SMILES string of the molecule is Cc1ccc(F)cc1CN1CC[C@H](N)C1.Cl. The molecule has 2 N–H and O–H groups in total. The fourth-order valence-electron chi connectivity index (χ4n) is 2.06. The van der Waals surface area contributed by atoms with Gasteiger partial charge >= 0.3 is 0 Å². The van der Waals surface area contributed by atoms with Crippen molar-refractivity contribution >= 4 is 12.4 Å². The van der Waals surface area contributed by atoms with Crippen LogP contribution in [0.5, 0.6) is 0 Å². The molecule has 0 bridgehead atoms. The first-order valence-corrected chi connectivity index (χ1v) is 5.38. The van der Waals surface area contributed by atoms with Crippen LogP contribution in [-0.2, 0) is 6.54 Å². The van der Waals surface area contributed by atoms with Gasteiger partial charge in [-0.15, -0.1) is 12.4 Å². The number of halogens is 2. The van der Waals surface area contributed by atoms with E-state index in [1.54, 1.807) is 6.07 Å². The zero-order valence-corrected chi connectivity index (χ0v) is 10.3. The molecule has 1 saturated heterocycles. The van der Waals surface area contributed by atoms with Crippen molar-refractivity contribution < 1.29 is 4.39 Å². The first-order chi connectivity index (χ1) is 7.15. The van der Waals surface area contributed by atoms with Crippen molar-refractivity contribution in [1.82, 2.24) is 4.90 Å². The molecular formula is C12H18ClFN2. The normalized spacial score (nSPS) is 20.8. The molecule has 2 nitrogen and oxygen atoms in total. The maximum absolute atomic E-state index is 13.1. The van der Waals surface area contributed by atoms with Crippen LogP contribution in [-0.4, -0.2) is 24.0 Å². The van der Waals surface area contributed by atoms with E-state index in [9.17, 15) is 4.39 Å². The molecule has 2 rings (SSSR count). The van der Waals surface area contributed by atoms with E-state index in [-0.39, 0.29) is 18.2 Å². The summed E-state index contributed by atoms with van der Waals surface area (Å²) >= 11 is 0.